The zero-order valence-corrected chi connectivity index (χ0v) is 20.9. The van der Waals surface area contributed by atoms with Crippen molar-refractivity contribution in [3.8, 4) is 5.75 Å². The second-order valence-corrected chi connectivity index (χ2v) is 8.89. The lowest BCUT2D eigenvalue weighted by Crippen LogP contribution is -2.63. The lowest BCUT2D eigenvalue weighted by Gasteiger charge is -2.43. The number of benzene rings is 2. The van der Waals surface area contributed by atoms with E-state index in [1.807, 2.05) is 48.5 Å². The Labute approximate surface area is 210 Å². The molecule has 188 valence electrons. The second-order valence-electron chi connectivity index (χ2n) is 8.89. The van der Waals surface area contributed by atoms with Crippen LogP contribution >= 0.6 is 0 Å². The number of methoxy groups -OCH3 is 2. The fraction of sp³-hybridized carbons (Fsp3) is 0.333. The number of aryl methyl sites for hydroxylation is 1. The zero-order chi connectivity index (χ0) is 25.9. The van der Waals surface area contributed by atoms with Crippen molar-refractivity contribution >= 4 is 17.8 Å². The van der Waals surface area contributed by atoms with Crippen molar-refractivity contribution in [1.29, 1.82) is 0 Å². The SMILES string of the molecule is CCc1ccc(CN2C(=O)c3c(C(=O)OC)ncn3CC2(C)C(=O)NCc2ccccc2OC)cc1. The number of ether oxygens (including phenoxy) is 2. The Kier molecular flexibility index (Phi) is 7.10. The molecule has 0 radical (unpaired) electrons. The molecule has 1 aliphatic heterocycles. The molecule has 3 aromatic rings. The third-order valence-corrected chi connectivity index (χ3v) is 6.63. The number of hydrogen-bond donors (Lipinski definition) is 1. The minimum Gasteiger partial charge on any atom is -0.496 e. The number of nitrogens with zero attached hydrogens (tertiary/aromatic N) is 3. The summed E-state index contributed by atoms with van der Waals surface area (Å²) in [6.07, 6.45) is 2.30. The Morgan fingerprint density at radius 2 is 1.78 bits per heavy atom. The third kappa shape index (κ3) is 4.56. The van der Waals surface area contributed by atoms with Gasteiger partial charge in [-0.25, -0.2) is 9.78 Å². The fourth-order valence-electron chi connectivity index (χ4n) is 4.46. The number of amides is 2. The fourth-order valence-corrected chi connectivity index (χ4v) is 4.46. The molecule has 0 saturated carbocycles. The van der Waals surface area contributed by atoms with E-state index in [1.54, 1.807) is 18.6 Å². The van der Waals surface area contributed by atoms with Gasteiger partial charge in [-0.2, -0.15) is 0 Å². The van der Waals surface area contributed by atoms with E-state index in [2.05, 4.69) is 17.2 Å². The van der Waals surface area contributed by atoms with Crippen LogP contribution in [-0.2, 0) is 35.6 Å². The minimum atomic E-state index is -1.25. The maximum atomic E-state index is 13.8. The smallest absolute Gasteiger partial charge is 0.359 e. The summed E-state index contributed by atoms with van der Waals surface area (Å²) in [5, 5.41) is 2.97. The molecule has 1 N–H and O–H groups in total. The van der Waals surface area contributed by atoms with E-state index < -0.39 is 17.4 Å². The second kappa shape index (κ2) is 10.2. The van der Waals surface area contributed by atoms with E-state index >= 15 is 0 Å². The van der Waals surface area contributed by atoms with Crippen molar-refractivity contribution in [2.24, 2.45) is 0 Å². The summed E-state index contributed by atoms with van der Waals surface area (Å²) in [4.78, 5) is 45.4. The van der Waals surface area contributed by atoms with Crippen molar-refractivity contribution in [3.63, 3.8) is 0 Å². The molecular weight excluding hydrogens is 460 g/mol. The van der Waals surface area contributed by atoms with Crippen LogP contribution in [0, 0.1) is 0 Å². The minimum absolute atomic E-state index is 0.0645. The molecule has 2 amide bonds. The maximum Gasteiger partial charge on any atom is 0.359 e. The van der Waals surface area contributed by atoms with Gasteiger partial charge in [0.25, 0.3) is 5.91 Å². The van der Waals surface area contributed by atoms with E-state index in [-0.39, 0.29) is 36.9 Å². The molecule has 0 saturated heterocycles. The van der Waals surface area contributed by atoms with Crippen molar-refractivity contribution in [3.05, 3.63) is 82.9 Å². The van der Waals surface area contributed by atoms with E-state index in [9.17, 15) is 14.4 Å². The number of hydrogen-bond acceptors (Lipinski definition) is 6. The van der Waals surface area contributed by atoms with Crippen LogP contribution in [0.1, 0.15) is 51.5 Å². The van der Waals surface area contributed by atoms with Crippen LogP contribution in [-0.4, -0.2) is 52.0 Å². The van der Waals surface area contributed by atoms with Gasteiger partial charge in [-0.15, -0.1) is 0 Å². The van der Waals surface area contributed by atoms with E-state index in [1.165, 1.54) is 23.9 Å². The molecule has 0 spiro atoms. The lowest BCUT2D eigenvalue weighted by atomic mass is 9.93. The standard InChI is InChI=1S/C27H30N4O5/c1-5-18-10-12-19(13-11-18)15-31-24(32)23-22(25(33)36-4)29-17-30(23)16-27(31,2)26(34)28-14-20-8-6-7-9-21(20)35-3/h6-13,17H,5,14-16H2,1-4H3,(H,28,34). The predicted octanol–water partition coefficient (Wildman–Crippen LogP) is 2.97. The van der Waals surface area contributed by atoms with Gasteiger partial charge in [-0.1, -0.05) is 49.4 Å². The zero-order valence-electron chi connectivity index (χ0n) is 20.9. The van der Waals surface area contributed by atoms with Gasteiger partial charge in [0.15, 0.2) is 5.69 Å². The highest BCUT2D eigenvalue weighted by Crippen LogP contribution is 2.31. The summed E-state index contributed by atoms with van der Waals surface area (Å²) in [6.45, 7) is 4.34. The van der Waals surface area contributed by atoms with Gasteiger partial charge in [0, 0.05) is 18.7 Å². The summed E-state index contributed by atoms with van der Waals surface area (Å²) in [5.74, 6) is -0.830. The number of rotatable bonds is 8. The first-order valence-electron chi connectivity index (χ1n) is 11.8. The molecule has 0 aliphatic carbocycles. The number of carbonyl (C=O) groups is 3. The summed E-state index contributed by atoms with van der Waals surface area (Å²) < 4.78 is 11.8. The first-order chi connectivity index (χ1) is 17.3. The average Bonchev–Trinajstić information content (AvgIpc) is 3.33. The van der Waals surface area contributed by atoms with Crippen LogP contribution in [0.2, 0.25) is 0 Å². The number of imidazole rings is 1. The third-order valence-electron chi connectivity index (χ3n) is 6.63. The summed E-state index contributed by atoms with van der Waals surface area (Å²) >= 11 is 0. The molecule has 9 heteroatoms. The van der Waals surface area contributed by atoms with Crippen LogP contribution in [0.5, 0.6) is 5.75 Å². The molecular formula is C27H30N4O5. The molecule has 1 aromatic heterocycles. The molecule has 9 nitrogen and oxygen atoms in total. The maximum absolute atomic E-state index is 13.8. The van der Waals surface area contributed by atoms with Crippen LogP contribution in [0.4, 0.5) is 0 Å². The molecule has 2 aromatic carbocycles. The van der Waals surface area contributed by atoms with Gasteiger partial charge in [0.2, 0.25) is 5.91 Å². The van der Waals surface area contributed by atoms with E-state index in [0.717, 1.165) is 17.5 Å². The van der Waals surface area contributed by atoms with Gasteiger partial charge in [0.05, 0.1) is 27.1 Å². The first-order valence-corrected chi connectivity index (χ1v) is 11.8. The highest BCUT2D eigenvalue weighted by atomic mass is 16.5. The quantitative estimate of drug-likeness (QED) is 0.487. The highest BCUT2D eigenvalue weighted by Gasteiger charge is 2.49. The number of nitrogens with one attached hydrogen (secondary N) is 1. The van der Waals surface area contributed by atoms with Crippen molar-refractivity contribution in [2.75, 3.05) is 14.2 Å². The molecule has 1 atom stereocenters. The number of para-hydroxylation sites is 1. The molecule has 36 heavy (non-hydrogen) atoms. The predicted molar refractivity (Wildman–Crippen MR) is 133 cm³/mol. The van der Waals surface area contributed by atoms with Gasteiger partial charge < -0.3 is 24.3 Å². The molecule has 0 bridgehead atoms. The van der Waals surface area contributed by atoms with Crippen LogP contribution in [0.3, 0.4) is 0 Å². The Hall–Kier alpha value is -4.14. The average molecular weight is 491 g/mol. The van der Waals surface area contributed by atoms with Gasteiger partial charge in [-0.3, -0.25) is 9.59 Å². The summed E-state index contributed by atoms with van der Waals surface area (Å²) in [5.41, 5.74) is 1.66. The van der Waals surface area contributed by atoms with Gasteiger partial charge >= 0.3 is 5.97 Å². The Bertz CT molecular complexity index is 1280. The largest absolute Gasteiger partial charge is 0.496 e. The van der Waals surface area contributed by atoms with Crippen molar-refractivity contribution < 1.29 is 23.9 Å². The monoisotopic (exact) mass is 490 g/mol. The normalized spacial score (nSPS) is 16.9. The number of esters is 1. The Balaban J connectivity index is 1.69. The van der Waals surface area contributed by atoms with Crippen LogP contribution in [0.15, 0.2) is 54.9 Å². The molecule has 2 heterocycles. The molecule has 1 unspecified atom stereocenters. The van der Waals surface area contributed by atoms with Crippen LogP contribution < -0.4 is 10.1 Å². The molecule has 4 rings (SSSR count). The van der Waals surface area contributed by atoms with Crippen molar-refractivity contribution in [2.45, 2.75) is 45.4 Å². The number of fused-ring (bicyclic) bond motifs is 1. The molecule has 1 aliphatic rings. The topological polar surface area (TPSA) is 103 Å². The van der Waals surface area contributed by atoms with E-state index in [4.69, 9.17) is 9.47 Å². The lowest BCUT2D eigenvalue weighted by molar-refractivity contribution is -0.133. The molecule has 0 fully saturated rings. The van der Waals surface area contributed by atoms with Crippen molar-refractivity contribution in [1.82, 2.24) is 19.8 Å². The van der Waals surface area contributed by atoms with E-state index in [0.29, 0.717) is 5.75 Å². The number of carbonyl (C=O) groups excluding carboxylic acids is 3. The Morgan fingerprint density at radius 1 is 1.08 bits per heavy atom. The van der Waals surface area contributed by atoms with Gasteiger partial charge in [0.1, 0.15) is 17.0 Å². The van der Waals surface area contributed by atoms with Gasteiger partial charge in [-0.05, 0) is 30.5 Å². The van der Waals surface area contributed by atoms with Crippen LogP contribution in [0.25, 0.3) is 0 Å². The number of aromatic nitrogens is 2. The Morgan fingerprint density at radius 3 is 2.44 bits per heavy atom. The summed E-state index contributed by atoms with van der Waals surface area (Å²) in [6, 6.07) is 15.3. The summed E-state index contributed by atoms with van der Waals surface area (Å²) in [7, 11) is 2.82. The highest BCUT2D eigenvalue weighted by molar-refractivity contribution is 6.06. The first kappa shape index (κ1) is 25.0.